The molecule has 5 heteroatoms. The number of rotatable bonds is 5. The van der Waals surface area contributed by atoms with Crippen molar-refractivity contribution in [3.63, 3.8) is 0 Å². The van der Waals surface area contributed by atoms with Crippen LogP contribution in [0.1, 0.15) is 10.4 Å². The first-order chi connectivity index (χ1) is 10.1. The summed E-state index contributed by atoms with van der Waals surface area (Å²) in [5.74, 6) is 0.711. The van der Waals surface area contributed by atoms with Crippen LogP contribution >= 0.6 is 0 Å². The van der Waals surface area contributed by atoms with Gasteiger partial charge in [-0.2, -0.15) is 0 Å². The molecule has 0 aliphatic carbocycles. The van der Waals surface area contributed by atoms with Gasteiger partial charge >= 0.3 is 5.97 Å². The van der Waals surface area contributed by atoms with Crippen molar-refractivity contribution in [1.82, 2.24) is 0 Å². The summed E-state index contributed by atoms with van der Waals surface area (Å²) in [7, 11) is 4.62. The lowest BCUT2D eigenvalue weighted by Crippen LogP contribution is -2.00. The Bertz CT molecular complexity index is 664. The lowest BCUT2D eigenvalue weighted by Gasteiger charge is -2.12. The number of hydrogen-bond donors (Lipinski definition) is 1. The molecule has 0 fully saturated rings. The van der Waals surface area contributed by atoms with Crippen molar-refractivity contribution in [3.8, 4) is 28.4 Å². The van der Waals surface area contributed by atoms with Crippen molar-refractivity contribution >= 4 is 5.97 Å². The molecule has 0 atom stereocenters. The molecule has 0 radical (unpaired) electrons. The topological polar surface area (TPSA) is 65.0 Å². The van der Waals surface area contributed by atoms with Gasteiger partial charge in [-0.3, -0.25) is 0 Å². The zero-order valence-electron chi connectivity index (χ0n) is 12.0. The molecule has 0 aliphatic heterocycles. The van der Waals surface area contributed by atoms with Crippen molar-refractivity contribution in [3.05, 3.63) is 42.0 Å². The molecule has 0 aromatic heterocycles. The molecule has 110 valence electrons. The van der Waals surface area contributed by atoms with Crippen molar-refractivity contribution < 1.29 is 24.1 Å². The van der Waals surface area contributed by atoms with Gasteiger partial charge in [-0.1, -0.05) is 6.07 Å². The van der Waals surface area contributed by atoms with Crippen LogP contribution in [-0.4, -0.2) is 32.4 Å². The highest BCUT2D eigenvalue weighted by atomic mass is 16.5. The second kappa shape index (κ2) is 6.17. The van der Waals surface area contributed by atoms with Gasteiger partial charge < -0.3 is 19.3 Å². The molecule has 0 bridgehead atoms. The first kappa shape index (κ1) is 14.7. The molecule has 5 nitrogen and oxygen atoms in total. The second-order valence-electron chi connectivity index (χ2n) is 4.29. The highest BCUT2D eigenvalue weighted by molar-refractivity contribution is 5.96. The summed E-state index contributed by atoms with van der Waals surface area (Å²) >= 11 is 0. The van der Waals surface area contributed by atoms with Crippen LogP contribution in [0, 0.1) is 0 Å². The van der Waals surface area contributed by atoms with E-state index in [1.54, 1.807) is 37.4 Å². The van der Waals surface area contributed by atoms with E-state index in [-0.39, 0.29) is 5.56 Å². The molecule has 0 spiro atoms. The van der Waals surface area contributed by atoms with Crippen LogP contribution < -0.4 is 14.2 Å². The third-order valence-electron chi connectivity index (χ3n) is 3.15. The van der Waals surface area contributed by atoms with Crippen LogP contribution in [0.5, 0.6) is 17.2 Å². The van der Waals surface area contributed by atoms with Crippen LogP contribution in [-0.2, 0) is 0 Å². The van der Waals surface area contributed by atoms with E-state index in [1.807, 2.05) is 0 Å². The van der Waals surface area contributed by atoms with E-state index >= 15 is 0 Å². The first-order valence-electron chi connectivity index (χ1n) is 6.24. The van der Waals surface area contributed by atoms with Crippen LogP contribution in [0.3, 0.4) is 0 Å². The molecule has 0 heterocycles. The van der Waals surface area contributed by atoms with Crippen molar-refractivity contribution in [2.75, 3.05) is 21.3 Å². The average molecular weight is 288 g/mol. The van der Waals surface area contributed by atoms with Gasteiger partial charge in [0.05, 0.1) is 26.9 Å². The summed E-state index contributed by atoms with van der Waals surface area (Å²) in [5, 5.41) is 9.32. The van der Waals surface area contributed by atoms with Crippen molar-refractivity contribution in [2.24, 2.45) is 0 Å². The fraction of sp³-hybridized carbons (Fsp3) is 0.188. The van der Waals surface area contributed by atoms with Crippen LogP contribution in [0.2, 0.25) is 0 Å². The maximum absolute atomic E-state index is 11.4. The zero-order chi connectivity index (χ0) is 15.4. The minimum atomic E-state index is -0.998. The average Bonchev–Trinajstić information content (AvgIpc) is 2.53. The minimum Gasteiger partial charge on any atom is -0.497 e. The summed E-state index contributed by atoms with van der Waals surface area (Å²) < 4.78 is 15.6. The van der Waals surface area contributed by atoms with Crippen LogP contribution in [0.25, 0.3) is 11.1 Å². The number of aromatic carboxylic acids is 1. The Balaban J connectivity index is 2.62. The Morgan fingerprint density at radius 1 is 0.905 bits per heavy atom. The van der Waals surface area contributed by atoms with E-state index < -0.39 is 5.97 Å². The van der Waals surface area contributed by atoms with Gasteiger partial charge in [-0.25, -0.2) is 4.79 Å². The number of carbonyl (C=O) groups is 1. The van der Waals surface area contributed by atoms with Gasteiger partial charge in [-0.15, -0.1) is 0 Å². The molecule has 0 amide bonds. The Hall–Kier alpha value is -2.69. The lowest BCUT2D eigenvalue weighted by atomic mass is 9.99. The standard InChI is InChI=1S/C16H16O5/c1-19-11-5-6-12(16(17)18)13(9-11)10-4-7-14(20-2)15(8-10)21-3/h4-9H,1-3H3,(H,17,18). The predicted octanol–water partition coefficient (Wildman–Crippen LogP) is 3.08. The molecule has 21 heavy (non-hydrogen) atoms. The van der Waals surface area contributed by atoms with E-state index in [0.29, 0.717) is 28.4 Å². The van der Waals surface area contributed by atoms with Gasteiger partial charge in [-0.05, 0) is 41.5 Å². The van der Waals surface area contributed by atoms with Gasteiger partial charge in [0.25, 0.3) is 0 Å². The number of ether oxygens (including phenoxy) is 3. The van der Waals surface area contributed by atoms with Crippen LogP contribution in [0.4, 0.5) is 0 Å². The molecule has 2 aromatic carbocycles. The third kappa shape index (κ3) is 2.91. The Morgan fingerprint density at radius 3 is 2.19 bits per heavy atom. The zero-order valence-corrected chi connectivity index (χ0v) is 12.0. The normalized spacial score (nSPS) is 10.0. The van der Waals surface area contributed by atoms with E-state index in [0.717, 1.165) is 0 Å². The molecule has 1 N–H and O–H groups in total. The first-order valence-corrected chi connectivity index (χ1v) is 6.24. The number of methoxy groups -OCH3 is 3. The maximum atomic E-state index is 11.4. The molecular formula is C16H16O5. The quantitative estimate of drug-likeness (QED) is 0.916. The van der Waals surface area contributed by atoms with Crippen molar-refractivity contribution in [2.45, 2.75) is 0 Å². The number of hydrogen-bond acceptors (Lipinski definition) is 4. The van der Waals surface area contributed by atoms with E-state index in [9.17, 15) is 9.90 Å². The third-order valence-corrected chi connectivity index (χ3v) is 3.15. The molecule has 0 unspecified atom stereocenters. The number of benzene rings is 2. The molecule has 0 aliphatic rings. The summed E-state index contributed by atoms with van der Waals surface area (Å²) in [6, 6.07) is 10.1. The van der Waals surface area contributed by atoms with E-state index in [1.165, 1.54) is 20.3 Å². The monoisotopic (exact) mass is 288 g/mol. The van der Waals surface area contributed by atoms with Crippen molar-refractivity contribution in [1.29, 1.82) is 0 Å². The summed E-state index contributed by atoms with van der Waals surface area (Å²) in [6.45, 7) is 0. The lowest BCUT2D eigenvalue weighted by molar-refractivity contribution is 0.0697. The Labute approximate surface area is 122 Å². The van der Waals surface area contributed by atoms with E-state index in [4.69, 9.17) is 14.2 Å². The number of carboxylic acid groups (broad SMARTS) is 1. The van der Waals surface area contributed by atoms with Gasteiger partial charge in [0, 0.05) is 0 Å². The maximum Gasteiger partial charge on any atom is 0.336 e. The summed E-state index contributed by atoms with van der Waals surface area (Å²) in [6.07, 6.45) is 0. The second-order valence-corrected chi connectivity index (χ2v) is 4.29. The van der Waals surface area contributed by atoms with Gasteiger partial charge in [0.2, 0.25) is 0 Å². The molecule has 2 aromatic rings. The molecule has 0 saturated heterocycles. The molecule has 2 rings (SSSR count). The van der Waals surface area contributed by atoms with Crippen LogP contribution in [0.15, 0.2) is 36.4 Å². The largest absolute Gasteiger partial charge is 0.497 e. The molecular weight excluding hydrogens is 272 g/mol. The predicted molar refractivity (Wildman–Crippen MR) is 78.5 cm³/mol. The highest BCUT2D eigenvalue weighted by Crippen LogP contribution is 2.35. The van der Waals surface area contributed by atoms with E-state index in [2.05, 4.69) is 0 Å². The molecule has 0 saturated carbocycles. The Morgan fingerprint density at radius 2 is 1.62 bits per heavy atom. The summed E-state index contributed by atoms with van der Waals surface area (Å²) in [5.41, 5.74) is 1.47. The van der Waals surface area contributed by atoms with Gasteiger partial charge in [0.1, 0.15) is 5.75 Å². The smallest absolute Gasteiger partial charge is 0.336 e. The fourth-order valence-electron chi connectivity index (χ4n) is 2.08. The van der Waals surface area contributed by atoms with Gasteiger partial charge in [0.15, 0.2) is 11.5 Å². The Kier molecular flexibility index (Phi) is 4.33. The number of carboxylic acids is 1. The minimum absolute atomic E-state index is 0.197. The summed E-state index contributed by atoms with van der Waals surface area (Å²) in [4.78, 5) is 11.4. The highest BCUT2D eigenvalue weighted by Gasteiger charge is 2.15. The fourth-order valence-corrected chi connectivity index (χ4v) is 2.08. The SMILES string of the molecule is COc1ccc(C(=O)O)c(-c2ccc(OC)c(OC)c2)c1.